The highest BCUT2D eigenvalue weighted by Gasteiger charge is 2.34. The normalized spacial score (nSPS) is 17.4. The number of halogens is 1. The van der Waals surface area contributed by atoms with Gasteiger partial charge in [0.1, 0.15) is 12.0 Å². The van der Waals surface area contributed by atoms with Crippen LogP contribution in [0.4, 0.5) is 15.8 Å². The molecule has 5 nitrogen and oxygen atoms in total. The minimum atomic E-state index is -0.478. The molecule has 2 aliphatic rings. The van der Waals surface area contributed by atoms with Gasteiger partial charge in [0.25, 0.3) is 5.91 Å². The molecule has 0 unspecified atom stereocenters. The van der Waals surface area contributed by atoms with Crippen molar-refractivity contribution in [2.75, 3.05) is 17.0 Å². The largest absolute Gasteiger partial charge is 0.454 e. The molecule has 6 heteroatoms. The summed E-state index contributed by atoms with van der Waals surface area (Å²) >= 11 is 0. The first-order valence-electron chi connectivity index (χ1n) is 8.55. The fourth-order valence-corrected chi connectivity index (χ4v) is 3.43. The van der Waals surface area contributed by atoms with Gasteiger partial charge in [-0.25, -0.2) is 4.39 Å². The van der Waals surface area contributed by atoms with E-state index < -0.39 is 6.17 Å². The van der Waals surface area contributed by atoms with Crippen LogP contribution < -0.4 is 19.7 Å². The van der Waals surface area contributed by atoms with Crippen LogP contribution in [-0.2, 0) is 0 Å². The van der Waals surface area contributed by atoms with Crippen molar-refractivity contribution in [1.29, 1.82) is 0 Å². The molecule has 0 fully saturated rings. The Morgan fingerprint density at radius 2 is 1.74 bits per heavy atom. The molecule has 3 aromatic rings. The number of nitrogens with one attached hydrogen (secondary N) is 1. The molecule has 0 saturated carbocycles. The standard InChI is InChI=1S/C21H15FN2O3/c22-14-7-5-13(6-8-14)20-23-17-4-2-1-3-16(17)21(25)24(20)15-9-10-18-19(11-15)27-12-26-18/h1-11,20,23H,12H2/t20-/m1/s1. The maximum Gasteiger partial charge on any atom is 0.262 e. The van der Waals surface area contributed by atoms with Crippen LogP contribution in [0, 0.1) is 5.82 Å². The second-order valence-electron chi connectivity index (χ2n) is 6.36. The number of para-hydroxylation sites is 1. The zero-order chi connectivity index (χ0) is 18.4. The van der Waals surface area contributed by atoms with E-state index in [-0.39, 0.29) is 18.5 Å². The molecule has 0 radical (unpaired) electrons. The fourth-order valence-electron chi connectivity index (χ4n) is 3.43. The Kier molecular flexibility index (Phi) is 3.50. The maximum absolute atomic E-state index is 13.4. The van der Waals surface area contributed by atoms with Crippen LogP contribution in [0.2, 0.25) is 0 Å². The molecule has 1 N–H and O–H groups in total. The van der Waals surface area contributed by atoms with Gasteiger partial charge >= 0.3 is 0 Å². The van der Waals surface area contributed by atoms with Gasteiger partial charge in [0.2, 0.25) is 6.79 Å². The van der Waals surface area contributed by atoms with Crippen molar-refractivity contribution in [3.8, 4) is 11.5 Å². The lowest BCUT2D eigenvalue weighted by molar-refractivity contribution is 0.0975. The molecule has 2 aliphatic heterocycles. The zero-order valence-corrected chi connectivity index (χ0v) is 14.2. The predicted molar refractivity (Wildman–Crippen MR) is 98.6 cm³/mol. The Hall–Kier alpha value is -3.54. The van der Waals surface area contributed by atoms with Crippen LogP contribution in [0.1, 0.15) is 22.1 Å². The summed E-state index contributed by atoms with van der Waals surface area (Å²) in [4.78, 5) is 15.0. The smallest absolute Gasteiger partial charge is 0.262 e. The van der Waals surface area contributed by atoms with Gasteiger partial charge in [-0.05, 0) is 42.0 Å². The number of carbonyl (C=O) groups is 1. The maximum atomic E-state index is 13.4. The first-order chi connectivity index (χ1) is 13.2. The van der Waals surface area contributed by atoms with Crippen molar-refractivity contribution < 1.29 is 18.7 Å². The lowest BCUT2D eigenvalue weighted by Crippen LogP contribution is -2.43. The van der Waals surface area contributed by atoms with Crippen LogP contribution in [0.5, 0.6) is 11.5 Å². The van der Waals surface area contributed by atoms with E-state index in [1.54, 1.807) is 35.2 Å². The number of hydrogen-bond donors (Lipinski definition) is 1. The van der Waals surface area contributed by atoms with E-state index in [1.807, 2.05) is 24.3 Å². The second kappa shape index (κ2) is 6.02. The van der Waals surface area contributed by atoms with Gasteiger partial charge in [0.15, 0.2) is 11.5 Å². The number of ether oxygens (including phenoxy) is 2. The van der Waals surface area contributed by atoms with Crippen molar-refractivity contribution in [3.05, 3.63) is 83.7 Å². The highest BCUT2D eigenvalue weighted by atomic mass is 19.1. The molecule has 1 atom stereocenters. The predicted octanol–water partition coefficient (Wildman–Crippen LogP) is 4.33. The molecule has 0 saturated heterocycles. The Morgan fingerprint density at radius 1 is 0.963 bits per heavy atom. The van der Waals surface area contributed by atoms with Crippen molar-refractivity contribution in [3.63, 3.8) is 0 Å². The molecule has 1 amide bonds. The molecule has 2 heterocycles. The number of anilines is 2. The van der Waals surface area contributed by atoms with Crippen LogP contribution in [0.25, 0.3) is 0 Å². The van der Waals surface area contributed by atoms with Crippen LogP contribution in [0.15, 0.2) is 66.7 Å². The van der Waals surface area contributed by atoms with E-state index in [4.69, 9.17) is 9.47 Å². The van der Waals surface area contributed by atoms with Crippen molar-refractivity contribution in [2.45, 2.75) is 6.17 Å². The minimum Gasteiger partial charge on any atom is -0.454 e. The SMILES string of the molecule is O=C1c2ccccc2N[C@@H](c2ccc(F)cc2)N1c1ccc2c(c1)OCO2. The van der Waals surface area contributed by atoms with E-state index in [1.165, 1.54) is 12.1 Å². The van der Waals surface area contributed by atoms with Gasteiger partial charge < -0.3 is 14.8 Å². The van der Waals surface area contributed by atoms with Gasteiger partial charge in [-0.2, -0.15) is 0 Å². The number of carbonyl (C=O) groups excluding carboxylic acids is 1. The van der Waals surface area contributed by atoms with E-state index in [0.717, 1.165) is 11.3 Å². The zero-order valence-electron chi connectivity index (χ0n) is 14.2. The summed E-state index contributed by atoms with van der Waals surface area (Å²) in [7, 11) is 0. The van der Waals surface area contributed by atoms with Crippen LogP contribution in [-0.4, -0.2) is 12.7 Å². The average molecular weight is 362 g/mol. The topological polar surface area (TPSA) is 50.8 Å². The summed E-state index contributed by atoms with van der Waals surface area (Å²) in [6.07, 6.45) is -0.478. The summed E-state index contributed by atoms with van der Waals surface area (Å²) in [5, 5.41) is 3.39. The monoisotopic (exact) mass is 362 g/mol. The first-order valence-corrected chi connectivity index (χ1v) is 8.55. The Labute approximate surface area is 154 Å². The molecule has 0 bridgehead atoms. The van der Waals surface area contributed by atoms with Gasteiger partial charge in [0, 0.05) is 11.8 Å². The van der Waals surface area contributed by atoms with Gasteiger partial charge in [0.05, 0.1) is 11.3 Å². The summed E-state index contributed by atoms with van der Waals surface area (Å²) < 4.78 is 24.2. The molecular weight excluding hydrogens is 347 g/mol. The number of amides is 1. The Morgan fingerprint density at radius 3 is 2.59 bits per heavy atom. The summed E-state index contributed by atoms with van der Waals surface area (Å²) in [6, 6.07) is 18.9. The highest BCUT2D eigenvalue weighted by Crippen LogP contribution is 2.41. The van der Waals surface area contributed by atoms with Crippen molar-refractivity contribution in [1.82, 2.24) is 0 Å². The van der Waals surface area contributed by atoms with Crippen molar-refractivity contribution in [2.24, 2.45) is 0 Å². The van der Waals surface area contributed by atoms with E-state index in [2.05, 4.69) is 5.32 Å². The third kappa shape index (κ3) is 2.57. The number of hydrogen-bond acceptors (Lipinski definition) is 4. The van der Waals surface area contributed by atoms with Crippen molar-refractivity contribution >= 4 is 17.3 Å². The number of rotatable bonds is 2. The van der Waals surface area contributed by atoms with E-state index >= 15 is 0 Å². The number of benzene rings is 3. The fraction of sp³-hybridized carbons (Fsp3) is 0.0952. The molecule has 134 valence electrons. The molecule has 0 aromatic heterocycles. The summed E-state index contributed by atoms with van der Waals surface area (Å²) in [5.41, 5.74) is 2.76. The molecule has 0 spiro atoms. The number of nitrogens with zero attached hydrogens (tertiary/aromatic N) is 1. The van der Waals surface area contributed by atoms with Gasteiger partial charge in [-0.3, -0.25) is 9.69 Å². The van der Waals surface area contributed by atoms with Crippen LogP contribution >= 0.6 is 0 Å². The minimum absolute atomic E-state index is 0.141. The third-order valence-electron chi connectivity index (χ3n) is 4.75. The summed E-state index contributed by atoms with van der Waals surface area (Å²) in [5.74, 6) is 0.778. The van der Waals surface area contributed by atoms with Crippen LogP contribution in [0.3, 0.4) is 0 Å². The Bertz CT molecular complexity index is 1040. The molecule has 27 heavy (non-hydrogen) atoms. The Balaban J connectivity index is 1.64. The number of fused-ring (bicyclic) bond motifs is 2. The second-order valence-corrected chi connectivity index (χ2v) is 6.36. The molecule has 0 aliphatic carbocycles. The summed E-state index contributed by atoms with van der Waals surface area (Å²) in [6.45, 7) is 0.162. The van der Waals surface area contributed by atoms with Gasteiger partial charge in [-0.15, -0.1) is 0 Å². The quantitative estimate of drug-likeness (QED) is 0.737. The molecule has 5 rings (SSSR count). The average Bonchev–Trinajstić information content (AvgIpc) is 3.16. The lowest BCUT2D eigenvalue weighted by atomic mass is 10.0. The van der Waals surface area contributed by atoms with E-state index in [9.17, 15) is 9.18 Å². The lowest BCUT2D eigenvalue weighted by Gasteiger charge is -2.38. The molecular formula is C21H15FN2O3. The van der Waals surface area contributed by atoms with E-state index in [0.29, 0.717) is 22.7 Å². The third-order valence-corrected chi connectivity index (χ3v) is 4.75. The van der Waals surface area contributed by atoms with Gasteiger partial charge in [-0.1, -0.05) is 24.3 Å². The highest BCUT2D eigenvalue weighted by molar-refractivity contribution is 6.12. The molecule has 3 aromatic carbocycles. The first kappa shape index (κ1) is 15.7.